The molecule has 0 radical (unpaired) electrons. The minimum Gasteiger partial charge on any atom is -0.271 e. The second-order valence-corrected chi connectivity index (χ2v) is 13.8. The fraction of sp³-hybridized carbons (Fsp3) is 0.500. The van der Waals surface area contributed by atoms with E-state index in [2.05, 4.69) is 31.2 Å². The van der Waals surface area contributed by atoms with Gasteiger partial charge in [-0.05, 0) is 64.7 Å². The van der Waals surface area contributed by atoms with Gasteiger partial charge in [-0.1, -0.05) is 152 Å². The third kappa shape index (κ3) is 10.2. The van der Waals surface area contributed by atoms with Crippen molar-refractivity contribution in [3.8, 4) is 0 Å². The molecule has 0 saturated heterocycles. The molecule has 3 aromatic rings. The molecule has 0 aliphatic rings. The summed E-state index contributed by atoms with van der Waals surface area (Å²) < 4.78 is 14.4. The van der Waals surface area contributed by atoms with Crippen LogP contribution in [0.5, 0.6) is 0 Å². The molecule has 0 aliphatic carbocycles. The molecule has 2 heteroatoms. The lowest BCUT2D eigenvalue weighted by Gasteiger charge is -2.25. The predicted octanol–water partition coefficient (Wildman–Crippen LogP) is 11.0. The topological polar surface area (TPSA) is 17.1 Å². The van der Waals surface area contributed by atoms with Gasteiger partial charge in [-0.15, -0.1) is 0 Å². The molecule has 0 fully saturated rings. The van der Waals surface area contributed by atoms with Crippen molar-refractivity contribution in [2.24, 2.45) is 0 Å². The Balaban J connectivity index is 1.31. The van der Waals surface area contributed by atoms with Crippen molar-refractivity contribution in [1.29, 1.82) is 0 Å². The highest BCUT2D eigenvalue weighted by atomic mass is 32.2. The first-order valence-corrected chi connectivity index (χ1v) is 17.3. The molecular weight excluding hydrogens is 480 g/mol. The first-order valence-electron chi connectivity index (χ1n) is 15.6. The molecule has 3 aromatic carbocycles. The quantitative estimate of drug-likeness (QED) is 0.113. The standard InChI is InChI=1S/C36H52OS/c1-2-3-4-5-6-7-8-9-10-11-12-13-14-15-16-19-24-33-29-31-36(32-30-33)38(37,34-25-20-17-21-26-34)35-27-22-18-23-28-35/h17-18,20-23,25-32,38H,2-16,19,24H2,1H3. The highest BCUT2D eigenvalue weighted by Crippen LogP contribution is 2.36. The molecular formula is C36H52OS. The molecule has 0 aliphatic heterocycles. The molecule has 208 valence electrons. The monoisotopic (exact) mass is 532 g/mol. The Kier molecular flexibility index (Phi) is 14.5. The number of hydrogen-bond acceptors (Lipinski definition) is 1. The summed E-state index contributed by atoms with van der Waals surface area (Å²) in [6.07, 6.45) is 23.5. The Morgan fingerprint density at radius 2 is 0.763 bits per heavy atom. The molecule has 38 heavy (non-hydrogen) atoms. The maximum Gasteiger partial charge on any atom is 0.0230 e. The van der Waals surface area contributed by atoms with Crippen molar-refractivity contribution in [2.75, 3.05) is 0 Å². The molecule has 3 rings (SSSR count). The molecule has 0 heterocycles. The SMILES string of the molecule is CCCCCCCCCCCCCCCCCCc1ccc([SH](=O)(c2ccccc2)c2ccccc2)cc1. The van der Waals surface area contributed by atoms with Gasteiger partial charge in [-0.3, -0.25) is 4.21 Å². The largest absolute Gasteiger partial charge is 0.271 e. The Bertz CT molecular complexity index is 982. The van der Waals surface area contributed by atoms with Gasteiger partial charge in [0.25, 0.3) is 0 Å². The van der Waals surface area contributed by atoms with Crippen LogP contribution in [0.25, 0.3) is 0 Å². The fourth-order valence-corrected chi connectivity index (χ4v) is 8.12. The Hall–Kier alpha value is -2.19. The van der Waals surface area contributed by atoms with Gasteiger partial charge < -0.3 is 0 Å². The van der Waals surface area contributed by atoms with Crippen molar-refractivity contribution in [3.05, 3.63) is 90.5 Å². The summed E-state index contributed by atoms with van der Waals surface area (Å²) in [6, 6.07) is 28.5. The molecule has 1 nitrogen and oxygen atoms in total. The van der Waals surface area contributed by atoms with E-state index in [1.807, 2.05) is 60.7 Å². The third-order valence-electron chi connectivity index (χ3n) is 7.86. The van der Waals surface area contributed by atoms with Crippen LogP contribution in [0.2, 0.25) is 0 Å². The second kappa shape index (κ2) is 18.2. The normalized spacial score (nSPS) is 12.0. The molecule has 0 unspecified atom stereocenters. The zero-order chi connectivity index (χ0) is 26.7. The summed E-state index contributed by atoms with van der Waals surface area (Å²) in [5, 5.41) is 0. The van der Waals surface area contributed by atoms with Crippen LogP contribution in [-0.2, 0) is 16.4 Å². The fourth-order valence-electron chi connectivity index (χ4n) is 5.47. The number of hydrogen-bond donors (Lipinski definition) is 1. The van der Waals surface area contributed by atoms with Crippen LogP contribution in [0, 0.1) is 0 Å². The lowest BCUT2D eigenvalue weighted by Crippen LogP contribution is -2.13. The van der Waals surface area contributed by atoms with Gasteiger partial charge in [-0.25, -0.2) is 0 Å². The average molecular weight is 533 g/mol. The number of thiol groups is 1. The Morgan fingerprint density at radius 3 is 1.16 bits per heavy atom. The van der Waals surface area contributed by atoms with Gasteiger partial charge in [0, 0.05) is 14.7 Å². The second-order valence-electron chi connectivity index (χ2n) is 11.0. The van der Waals surface area contributed by atoms with Crippen molar-refractivity contribution in [3.63, 3.8) is 0 Å². The molecule has 0 amide bonds. The van der Waals surface area contributed by atoms with Crippen molar-refractivity contribution in [1.82, 2.24) is 0 Å². The minimum absolute atomic E-state index is 0.900. The van der Waals surface area contributed by atoms with Crippen molar-refractivity contribution in [2.45, 2.75) is 131 Å². The molecule has 0 bridgehead atoms. The summed E-state index contributed by atoms with van der Waals surface area (Å²) in [7, 11) is -2.86. The first kappa shape index (κ1) is 30.4. The van der Waals surface area contributed by atoms with Crippen LogP contribution in [0.4, 0.5) is 0 Å². The van der Waals surface area contributed by atoms with E-state index in [0.29, 0.717) is 0 Å². The minimum atomic E-state index is -2.86. The molecule has 0 saturated carbocycles. The lowest BCUT2D eigenvalue weighted by molar-refractivity contribution is 0.529. The summed E-state index contributed by atoms with van der Waals surface area (Å²) in [4.78, 5) is 2.72. The third-order valence-corrected chi connectivity index (χ3v) is 10.9. The maximum absolute atomic E-state index is 14.4. The van der Waals surface area contributed by atoms with E-state index in [1.165, 1.54) is 108 Å². The number of rotatable bonds is 20. The van der Waals surface area contributed by atoms with Crippen LogP contribution in [0.3, 0.4) is 0 Å². The molecule has 0 aromatic heterocycles. The highest BCUT2D eigenvalue weighted by Gasteiger charge is 2.22. The van der Waals surface area contributed by atoms with E-state index in [9.17, 15) is 4.21 Å². The summed E-state index contributed by atoms with van der Waals surface area (Å²) in [5.74, 6) is 0. The summed E-state index contributed by atoms with van der Waals surface area (Å²) >= 11 is 0. The maximum atomic E-state index is 14.4. The van der Waals surface area contributed by atoms with Crippen molar-refractivity contribution >= 4 is 9.93 Å². The number of benzene rings is 3. The first-order chi connectivity index (χ1) is 18.7. The van der Waals surface area contributed by atoms with Crippen LogP contribution in [-0.4, -0.2) is 4.21 Å². The molecule has 0 spiro atoms. The van der Waals surface area contributed by atoms with E-state index in [-0.39, 0.29) is 0 Å². The number of aryl methyl sites for hydroxylation is 1. The predicted molar refractivity (Wildman–Crippen MR) is 167 cm³/mol. The lowest BCUT2D eigenvalue weighted by atomic mass is 10.0. The van der Waals surface area contributed by atoms with E-state index in [0.717, 1.165) is 21.1 Å². The Morgan fingerprint density at radius 1 is 0.421 bits per heavy atom. The zero-order valence-corrected chi connectivity index (χ0v) is 24.9. The van der Waals surface area contributed by atoms with Gasteiger partial charge >= 0.3 is 0 Å². The molecule has 0 N–H and O–H groups in total. The van der Waals surface area contributed by atoms with E-state index in [1.54, 1.807) is 0 Å². The summed E-state index contributed by atoms with van der Waals surface area (Å²) in [6.45, 7) is 2.29. The van der Waals surface area contributed by atoms with E-state index < -0.39 is 9.93 Å². The zero-order valence-electron chi connectivity index (χ0n) is 24.0. The molecule has 0 atom stereocenters. The van der Waals surface area contributed by atoms with Gasteiger partial charge in [-0.2, -0.15) is 0 Å². The summed E-state index contributed by atoms with van der Waals surface area (Å²) in [5.41, 5.74) is 1.35. The van der Waals surface area contributed by atoms with Gasteiger partial charge in [0.15, 0.2) is 0 Å². The van der Waals surface area contributed by atoms with Crippen LogP contribution in [0.1, 0.15) is 115 Å². The van der Waals surface area contributed by atoms with Gasteiger partial charge in [0.05, 0.1) is 0 Å². The highest BCUT2D eigenvalue weighted by molar-refractivity contribution is 8.03. The van der Waals surface area contributed by atoms with Crippen LogP contribution in [0.15, 0.2) is 99.6 Å². The van der Waals surface area contributed by atoms with Gasteiger partial charge in [0.1, 0.15) is 0 Å². The Labute approximate surface area is 234 Å². The van der Waals surface area contributed by atoms with Gasteiger partial charge in [0.2, 0.25) is 0 Å². The smallest absolute Gasteiger partial charge is 0.0230 e. The van der Waals surface area contributed by atoms with Crippen LogP contribution < -0.4 is 0 Å². The average Bonchev–Trinajstić information content (AvgIpc) is 2.98. The van der Waals surface area contributed by atoms with E-state index >= 15 is 0 Å². The van der Waals surface area contributed by atoms with Crippen LogP contribution >= 0.6 is 0 Å². The number of unbranched alkanes of at least 4 members (excludes halogenated alkanes) is 15. The van der Waals surface area contributed by atoms with Crippen molar-refractivity contribution < 1.29 is 4.21 Å². The van der Waals surface area contributed by atoms with E-state index in [4.69, 9.17) is 0 Å².